The van der Waals surface area contributed by atoms with E-state index in [4.69, 9.17) is 10.8 Å². The number of phenolic OH excluding ortho intramolecular Hbond substituents is 1. The molecule has 0 heterocycles. The zero-order chi connectivity index (χ0) is 14.1. The van der Waals surface area contributed by atoms with Crippen molar-refractivity contribution < 1.29 is 32.9 Å². The van der Waals surface area contributed by atoms with Gasteiger partial charge in [0.25, 0.3) is 0 Å². The molecule has 4 N–H and O–H groups in total. The quantitative estimate of drug-likeness (QED) is 0.770. The molecule has 0 bridgehead atoms. The first kappa shape index (κ1) is 14.1. The van der Waals surface area contributed by atoms with Crippen LogP contribution in [0, 0.1) is 0 Å². The Balaban J connectivity index is 3.42. The Morgan fingerprint density at radius 1 is 1.44 bits per heavy atom. The molecule has 8 heteroatoms. The van der Waals surface area contributed by atoms with Crippen molar-refractivity contribution in [1.29, 1.82) is 0 Å². The molecule has 0 saturated heterocycles. The van der Waals surface area contributed by atoms with Crippen LogP contribution in [0.3, 0.4) is 0 Å². The molecule has 0 fully saturated rings. The van der Waals surface area contributed by atoms with Gasteiger partial charge in [-0.2, -0.15) is 13.2 Å². The van der Waals surface area contributed by atoms with Gasteiger partial charge in [-0.05, 0) is 6.07 Å². The fourth-order valence-corrected chi connectivity index (χ4v) is 1.40. The number of hydrogen-bond donors (Lipinski definition) is 3. The maximum atomic E-state index is 12.6. The summed E-state index contributed by atoms with van der Waals surface area (Å²) in [7, 11) is 0.931. The predicted molar refractivity (Wildman–Crippen MR) is 54.2 cm³/mol. The van der Waals surface area contributed by atoms with Gasteiger partial charge in [0, 0.05) is 5.56 Å². The average molecular weight is 265 g/mol. The van der Waals surface area contributed by atoms with E-state index in [1.807, 2.05) is 0 Å². The Hall–Kier alpha value is -1.96. The Labute approximate surface area is 99.6 Å². The van der Waals surface area contributed by atoms with Gasteiger partial charge < -0.3 is 20.7 Å². The van der Waals surface area contributed by atoms with Gasteiger partial charge in [0.2, 0.25) is 0 Å². The van der Waals surface area contributed by atoms with Crippen LogP contribution in [-0.4, -0.2) is 23.3 Å². The fourth-order valence-electron chi connectivity index (χ4n) is 1.40. The lowest BCUT2D eigenvalue weighted by Crippen LogP contribution is -2.21. The highest BCUT2D eigenvalue weighted by atomic mass is 19.4. The zero-order valence-electron chi connectivity index (χ0n) is 9.15. The SMILES string of the molecule is COc1c(C(F)(F)F)ccc(C(N)C(=O)O)c1O. The molecule has 1 atom stereocenters. The number of nitrogens with two attached hydrogens (primary N) is 1. The van der Waals surface area contributed by atoms with E-state index < -0.39 is 35.2 Å². The molecule has 0 spiro atoms. The fraction of sp³-hybridized carbons (Fsp3) is 0.300. The van der Waals surface area contributed by atoms with E-state index in [-0.39, 0.29) is 5.56 Å². The third-order valence-corrected chi connectivity index (χ3v) is 2.27. The van der Waals surface area contributed by atoms with Crippen molar-refractivity contribution >= 4 is 5.97 Å². The lowest BCUT2D eigenvalue weighted by molar-refractivity contribution is -0.139. The monoisotopic (exact) mass is 265 g/mol. The molecule has 0 aromatic heterocycles. The Bertz CT molecular complexity index is 473. The molecule has 100 valence electrons. The number of carboxylic acid groups (broad SMARTS) is 1. The Kier molecular flexibility index (Phi) is 3.70. The minimum atomic E-state index is -4.73. The van der Waals surface area contributed by atoms with Gasteiger partial charge >= 0.3 is 12.1 Å². The van der Waals surface area contributed by atoms with Crippen LogP contribution in [0.2, 0.25) is 0 Å². The Morgan fingerprint density at radius 3 is 2.39 bits per heavy atom. The van der Waals surface area contributed by atoms with Crippen molar-refractivity contribution in [1.82, 2.24) is 0 Å². The van der Waals surface area contributed by atoms with E-state index in [9.17, 15) is 23.1 Å². The molecule has 0 radical (unpaired) electrons. The third kappa shape index (κ3) is 2.48. The molecule has 0 amide bonds. The summed E-state index contributed by atoms with van der Waals surface area (Å²) in [5.74, 6) is -3.26. The lowest BCUT2D eigenvalue weighted by atomic mass is 10.0. The highest BCUT2D eigenvalue weighted by Gasteiger charge is 2.37. The number of phenols is 1. The number of rotatable bonds is 3. The topological polar surface area (TPSA) is 92.8 Å². The minimum Gasteiger partial charge on any atom is -0.504 e. The van der Waals surface area contributed by atoms with Gasteiger partial charge in [0.15, 0.2) is 11.5 Å². The summed E-state index contributed by atoms with van der Waals surface area (Å²) in [4.78, 5) is 10.6. The second kappa shape index (κ2) is 4.73. The predicted octanol–water partition coefficient (Wildman–Crippen LogP) is 1.50. The summed E-state index contributed by atoms with van der Waals surface area (Å²) in [6.45, 7) is 0. The molecule has 0 saturated carbocycles. The van der Waals surface area contributed by atoms with Gasteiger partial charge in [0.05, 0.1) is 7.11 Å². The van der Waals surface area contributed by atoms with Crippen LogP contribution in [0.25, 0.3) is 0 Å². The number of aliphatic carboxylic acids is 1. The first-order valence-electron chi connectivity index (χ1n) is 4.65. The first-order valence-corrected chi connectivity index (χ1v) is 4.65. The van der Waals surface area contributed by atoms with Crippen molar-refractivity contribution in [2.75, 3.05) is 7.11 Å². The molecule has 18 heavy (non-hydrogen) atoms. The Morgan fingerprint density at radius 2 is 2.00 bits per heavy atom. The number of carbonyl (C=O) groups is 1. The standard InChI is InChI=1S/C10H10F3NO4/c1-18-8-5(10(11,12)13)3-2-4(7(8)15)6(14)9(16)17/h2-3,6,15H,14H2,1H3,(H,16,17). The maximum Gasteiger partial charge on any atom is 0.420 e. The van der Waals surface area contributed by atoms with Crippen molar-refractivity contribution in [3.8, 4) is 11.5 Å². The molecule has 0 aliphatic heterocycles. The van der Waals surface area contributed by atoms with Gasteiger partial charge in [-0.25, -0.2) is 0 Å². The second-order valence-corrected chi connectivity index (χ2v) is 3.40. The number of benzene rings is 1. The van der Waals surface area contributed by atoms with E-state index in [0.29, 0.717) is 6.07 Å². The van der Waals surface area contributed by atoms with Crippen LogP contribution in [0.15, 0.2) is 12.1 Å². The number of halogens is 3. The first-order chi connectivity index (χ1) is 8.20. The number of ether oxygens (including phenoxy) is 1. The summed E-state index contributed by atoms with van der Waals surface area (Å²) < 4.78 is 42.2. The minimum absolute atomic E-state index is 0.354. The van der Waals surface area contributed by atoms with Crippen molar-refractivity contribution in [3.63, 3.8) is 0 Å². The summed E-state index contributed by atoms with van der Waals surface area (Å²) in [5, 5.41) is 18.2. The van der Waals surface area contributed by atoms with Gasteiger partial charge in [0.1, 0.15) is 11.6 Å². The van der Waals surface area contributed by atoms with E-state index >= 15 is 0 Å². The highest BCUT2D eigenvalue weighted by Crippen LogP contribution is 2.43. The van der Waals surface area contributed by atoms with Crippen molar-refractivity contribution in [3.05, 3.63) is 23.3 Å². The lowest BCUT2D eigenvalue weighted by Gasteiger charge is -2.17. The van der Waals surface area contributed by atoms with Crippen LogP contribution >= 0.6 is 0 Å². The summed E-state index contributed by atoms with van der Waals surface area (Å²) in [6, 6.07) is -0.225. The number of alkyl halides is 3. The number of carboxylic acids is 1. The van der Waals surface area contributed by atoms with E-state index in [1.165, 1.54) is 0 Å². The normalized spacial score (nSPS) is 13.2. The molecule has 0 aliphatic carbocycles. The summed E-state index contributed by atoms with van der Waals surface area (Å²) in [6.07, 6.45) is -4.73. The molecule has 1 aromatic carbocycles. The molecule has 5 nitrogen and oxygen atoms in total. The number of aromatic hydroxyl groups is 1. The second-order valence-electron chi connectivity index (χ2n) is 3.40. The summed E-state index contributed by atoms with van der Waals surface area (Å²) >= 11 is 0. The zero-order valence-corrected chi connectivity index (χ0v) is 9.15. The van der Waals surface area contributed by atoms with Gasteiger partial charge in [-0.1, -0.05) is 6.07 Å². The van der Waals surface area contributed by atoms with Crippen LogP contribution in [-0.2, 0) is 11.0 Å². The number of hydrogen-bond acceptors (Lipinski definition) is 4. The van der Waals surface area contributed by atoms with E-state index in [1.54, 1.807) is 0 Å². The molecular weight excluding hydrogens is 255 g/mol. The third-order valence-electron chi connectivity index (χ3n) is 2.27. The maximum absolute atomic E-state index is 12.6. The highest BCUT2D eigenvalue weighted by molar-refractivity contribution is 5.77. The van der Waals surface area contributed by atoms with Gasteiger partial charge in [-0.15, -0.1) is 0 Å². The molecule has 1 unspecified atom stereocenters. The molecule has 1 aromatic rings. The largest absolute Gasteiger partial charge is 0.504 e. The molecule has 1 rings (SSSR count). The van der Waals surface area contributed by atoms with Crippen LogP contribution in [0.1, 0.15) is 17.2 Å². The molecular formula is C10H10F3NO4. The number of methoxy groups -OCH3 is 1. The van der Waals surface area contributed by atoms with Crippen LogP contribution in [0.5, 0.6) is 11.5 Å². The van der Waals surface area contributed by atoms with Crippen molar-refractivity contribution in [2.24, 2.45) is 5.73 Å². The van der Waals surface area contributed by atoms with E-state index in [0.717, 1.165) is 13.2 Å². The van der Waals surface area contributed by atoms with E-state index in [2.05, 4.69) is 4.74 Å². The smallest absolute Gasteiger partial charge is 0.420 e. The average Bonchev–Trinajstić information content (AvgIpc) is 2.26. The van der Waals surface area contributed by atoms with Crippen LogP contribution < -0.4 is 10.5 Å². The summed E-state index contributed by atoms with van der Waals surface area (Å²) in [5.41, 5.74) is 3.67. The van der Waals surface area contributed by atoms with Crippen LogP contribution in [0.4, 0.5) is 13.2 Å². The van der Waals surface area contributed by atoms with Gasteiger partial charge in [-0.3, -0.25) is 4.79 Å². The molecule has 0 aliphatic rings. The van der Waals surface area contributed by atoms with Crippen molar-refractivity contribution in [2.45, 2.75) is 12.2 Å².